The van der Waals surface area contributed by atoms with Gasteiger partial charge in [-0.25, -0.2) is 0 Å². The number of rotatable bonds is 4. The SMILES string of the molecule is CCC1CCCCC1C(NC)C1CCCc2ccccc21. The summed E-state index contributed by atoms with van der Waals surface area (Å²) < 4.78 is 0. The van der Waals surface area contributed by atoms with Crippen molar-refractivity contribution >= 4 is 0 Å². The van der Waals surface area contributed by atoms with Gasteiger partial charge in [-0.3, -0.25) is 0 Å². The first kappa shape index (κ1) is 15.1. The molecule has 4 unspecified atom stereocenters. The van der Waals surface area contributed by atoms with Gasteiger partial charge >= 0.3 is 0 Å². The second kappa shape index (κ2) is 6.96. The van der Waals surface area contributed by atoms with Gasteiger partial charge in [-0.1, -0.05) is 56.9 Å². The normalized spacial score (nSPS) is 30.7. The lowest BCUT2D eigenvalue weighted by Gasteiger charge is -2.42. The second-order valence-corrected chi connectivity index (χ2v) is 7.13. The Morgan fingerprint density at radius 2 is 1.90 bits per heavy atom. The molecule has 1 aromatic carbocycles. The maximum Gasteiger partial charge on any atom is 0.0164 e. The van der Waals surface area contributed by atoms with E-state index in [2.05, 4.69) is 43.6 Å². The summed E-state index contributed by atoms with van der Waals surface area (Å²) in [6.45, 7) is 2.39. The van der Waals surface area contributed by atoms with E-state index in [1.54, 1.807) is 11.1 Å². The minimum Gasteiger partial charge on any atom is -0.316 e. The number of hydrogen-bond donors (Lipinski definition) is 1. The number of likely N-dealkylation sites (N-methyl/N-ethyl adjacent to an activating group) is 1. The summed E-state index contributed by atoms with van der Waals surface area (Å²) in [4.78, 5) is 0. The Kier molecular flexibility index (Phi) is 5.00. The molecule has 0 saturated heterocycles. The molecule has 0 spiro atoms. The Morgan fingerprint density at radius 3 is 2.71 bits per heavy atom. The second-order valence-electron chi connectivity index (χ2n) is 7.13. The molecule has 1 aromatic rings. The lowest BCUT2D eigenvalue weighted by molar-refractivity contribution is 0.157. The van der Waals surface area contributed by atoms with Crippen molar-refractivity contribution in [1.29, 1.82) is 0 Å². The topological polar surface area (TPSA) is 12.0 Å². The van der Waals surface area contributed by atoms with Crippen LogP contribution >= 0.6 is 0 Å². The zero-order chi connectivity index (χ0) is 14.7. The molecular weight excluding hydrogens is 254 g/mol. The van der Waals surface area contributed by atoms with Gasteiger partial charge in [0.15, 0.2) is 0 Å². The summed E-state index contributed by atoms with van der Waals surface area (Å²) in [5, 5.41) is 3.75. The van der Waals surface area contributed by atoms with E-state index in [-0.39, 0.29) is 0 Å². The minimum absolute atomic E-state index is 0.678. The van der Waals surface area contributed by atoms with E-state index in [0.717, 1.165) is 17.8 Å². The van der Waals surface area contributed by atoms with Crippen LogP contribution < -0.4 is 5.32 Å². The van der Waals surface area contributed by atoms with E-state index in [0.29, 0.717) is 6.04 Å². The van der Waals surface area contributed by atoms with Gasteiger partial charge in [-0.2, -0.15) is 0 Å². The molecular formula is C20H31N. The molecule has 0 bridgehead atoms. The molecule has 1 nitrogen and oxygen atoms in total. The molecule has 2 aliphatic carbocycles. The van der Waals surface area contributed by atoms with Gasteiger partial charge in [-0.05, 0) is 61.6 Å². The fourth-order valence-electron chi connectivity index (χ4n) is 5.09. The highest BCUT2D eigenvalue weighted by Gasteiger charge is 2.36. The number of benzene rings is 1. The number of fused-ring (bicyclic) bond motifs is 1. The molecule has 116 valence electrons. The zero-order valence-corrected chi connectivity index (χ0v) is 13.8. The van der Waals surface area contributed by atoms with Crippen LogP contribution in [0, 0.1) is 11.8 Å². The van der Waals surface area contributed by atoms with Crippen LogP contribution in [0.1, 0.15) is 68.9 Å². The average molecular weight is 285 g/mol. The Balaban J connectivity index is 1.86. The highest BCUT2D eigenvalue weighted by molar-refractivity contribution is 5.34. The third-order valence-electron chi connectivity index (χ3n) is 6.14. The van der Waals surface area contributed by atoms with Gasteiger partial charge in [0.1, 0.15) is 0 Å². The first-order valence-electron chi connectivity index (χ1n) is 9.10. The van der Waals surface area contributed by atoms with Crippen molar-refractivity contribution in [3.8, 4) is 0 Å². The first-order valence-corrected chi connectivity index (χ1v) is 9.10. The lowest BCUT2D eigenvalue weighted by Crippen LogP contribution is -2.44. The Bertz CT molecular complexity index is 453. The number of hydrogen-bond acceptors (Lipinski definition) is 1. The predicted octanol–water partition coefficient (Wildman–Crippen LogP) is 4.91. The van der Waals surface area contributed by atoms with Crippen molar-refractivity contribution in [3.63, 3.8) is 0 Å². The quantitative estimate of drug-likeness (QED) is 0.828. The third-order valence-corrected chi connectivity index (χ3v) is 6.14. The molecule has 0 aliphatic heterocycles. The zero-order valence-electron chi connectivity index (χ0n) is 13.8. The van der Waals surface area contributed by atoms with E-state index in [1.807, 2.05) is 0 Å². The van der Waals surface area contributed by atoms with Crippen molar-refractivity contribution in [2.45, 2.75) is 70.3 Å². The van der Waals surface area contributed by atoms with Crippen LogP contribution in [0.2, 0.25) is 0 Å². The monoisotopic (exact) mass is 285 g/mol. The predicted molar refractivity (Wildman–Crippen MR) is 90.7 cm³/mol. The van der Waals surface area contributed by atoms with Crippen molar-refractivity contribution < 1.29 is 0 Å². The first-order chi connectivity index (χ1) is 10.3. The third kappa shape index (κ3) is 3.04. The van der Waals surface area contributed by atoms with Crippen molar-refractivity contribution in [2.24, 2.45) is 11.8 Å². The minimum atomic E-state index is 0.678. The summed E-state index contributed by atoms with van der Waals surface area (Å²) in [5.41, 5.74) is 3.25. The van der Waals surface area contributed by atoms with E-state index in [1.165, 1.54) is 51.4 Å². The summed E-state index contributed by atoms with van der Waals surface area (Å²) in [5.74, 6) is 2.55. The molecule has 2 aliphatic rings. The van der Waals surface area contributed by atoms with Crippen LogP contribution in [0.15, 0.2) is 24.3 Å². The molecule has 3 rings (SSSR count). The maximum atomic E-state index is 3.75. The van der Waals surface area contributed by atoms with Gasteiger partial charge in [0.05, 0.1) is 0 Å². The molecule has 21 heavy (non-hydrogen) atoms. The summed E-state index contributed by atoms with van der Waals surface area (Å²) in [6.07, 6.45) is 11.2. The Labute approximate surface area is 130 Å². The fourth-order valence-corrected chi connectivity index (χ4v) is 5.09. The number of aryl methyl sites for hydroxylation is 1. The largest absolute Gasteiger partial charge is 0.316 e. The van der Waals surface area contributed by atoms with Gasteiger partial charge in [0, 0.05) is 6.04 Å². The van der Waals surface area contributed by atoms with Crippen LogP contribution in [0.5, 0.6) is 0 Å². The number of nitrogens with one attached hydrogen (secondary N) is 1. The fraction of sp³-hybridized carbons (Fsp3) is 0.700. The van der Waals surface area contributed by atoms with E-state index in [4.69, 9.17) is 0 Å². The molecule has 1 N–H and O–H groups in total. The van der Waals surface area contributed by atoms with E-state index >= 15 is 0 Å². The molecule has 0 radical (unpaired) electrons. The smallest absolute Gasteiger partial charge is 0.0164 e. The van der Waals surface area contributed by atoms with Crippen LogP contribution in [-0.2, 0) is 6.42 Å². The average Bonchev–Trinajstić information content (AvgIpc) is 2.56. The van der Waals surface area contributed by atoms with E-state index in [9.17, 15) is 0 Å². The summed E-state index contributed by atoms with van der Waals surface area (Å²) in [7, 11) is 2.20. The van der Waals surface area contributed by atoms with E-state index < -0.39 is 0 Å². The van der Waals surface area contributed by atoms with Crippen molar-refractivity contribution in [2.75, 3.05) is 7.05 Å². The van der Waals surface area contributed by atoms with Crippen LogP contribution in [0.4, 0.5) is 0 Å². The Hall–Kier alpha value is -0.820. The highest BCUT2D eigenvalue weighted by Crippen LogP contribution is 2.42. The van der Waals surface area contributed by atoms with Crippen molar-refractivity contribution in [1.82, 2.24) is 5.32 Å². The molecule has 0 aromatic heterocycles. The van der Waals surface area contributed by atoms with Gasteiger partial charge in [-0.15, -0.1) is 0 Å². The molecule has 1 fully saturated rings. The standard InChI is InChI=1S/C20H31N/c1-3-15-9-4-7-13-18(15)20(21-2)19-14-8-11-16-10-5-6-12-17(16)19/h5-6,10,12,15,18-21H,3-4,7-9,11,13-14H2,1-2H3. The highest BCUT2D eigenvalue weighted by atomic mass is 14.9. The molecule has 4 atom stereocenters. The van der Waals surface area contributed by atoms with Crippen LogP contribution in [0.25, 0.3) is 0 Å². The van der Waals surface area contributed by atoms with Gasteiger partial charge in [0.25, 0.3) is 0 Å². The summed E-state index contributed by atoms with van der Waals surface area (Å²) in [6, 6.07) is 9.88. The van der Waals surface area contributed by atoms with Crippen molar-refractivity contribution in [3.05, 3.63) is 35.4 Å². The van der Waals surface area contributed by atoms with Crippen LogP contribution in [-0.4, -0.2) is 13.1 Å². The van der Waals surface area contributed by atoms with Gasteiger partial charge in [0.2, 0.25) is 0 Å². The summed E-state index contributed by atoms with van der Waals surface area (Å²) >= 11 is 0. The molecule has 0 amide bonds. The van der Waals surface area contributed by atoms with Crippen LogP contribution in [0.3, 0.4) is 0 Å². The molecule has 1 heteroatoms. The van der Waals surface area contributed by atoms with Gasteiger partial charge < -0.3 is 5.32 Å². The lowest BCUT2D eigenvalue weighted by atomic mass is 9.67. The molecule has 1 saturated carbocycles. The Morgan fingerprint density at radius 1 is 1.10 bits per heavy atom. The maximum absolute atomic E-state index is 3.75. The molecule has 0 heterocycles.